The summed E-state index contributed by atoms with van der Waals surface area (Å²) in [4.78, 5) is 17.0. The van der Waals surface area contributed by atoms with E-state index in [1.807, 2.05) is 12.1 Å². The lowest BCUT2D eigenvalue weighted by molar-refractivity contribution is 0.611. The number of benzene rings is 1. The maximum absolute atomic E-state index is 13.8. The molecule has 2 N–H and O–H groups in total. The molecule has 0 aliphatic rings. The number of nitrogens with zero attached hydrogens (tertiary/aromatic N) is 4. The number of rotatable bonds is 5. The molecule has 2 heterocycles. The summed E-state index contributed by atoms with van der Waals surface area (Å²) in [6.07, 6.45) is 8.06. The maximum Gasteiger partial charge on any atom is 0.128 e. The van der Waals surface area contributed by atoms with Crippen LogP contribution in [0.5, 0.6) is 0 Å². The predicted molar refractivity (Wildman–Crippen MR) is 95.1 cm³/mol. The molecule has 3 aromatic rings. The van der Waals surface area contributed by atoms with Gasteiger partial charge in [0.05, 0.1) is 29.8 Å². The fraction of sp³-hybridized carbons (Fsp3) is 0.0526. The molecule has 0 radical (unpaired) electrons. The lowest BCUT2D eigenvalue weighted by Crippen LogP contribution is -2.07. The number of aromatic nitrogens is 3. The van der Waals surface area contributed by atoms with Crippen LogP contribution in [0.2, 0.25) is 0 Å². The van der Waals surface area contributed by atoms with Crippen LogP contribution in [-0.2, 0) is 6.54 Å². The minimum absolute atomic E-state index is 0.171. The topological polar surface area (TPSA) is 77.0 Å². The standard InChI is InChI=1S/C19H16FN5/c20-15-6-2-1-5-14(15)12-25-18(19-13-22-9-10-24-19)11-16(21)17-7-3-4-8-23-17/h1-11,13H,12,21H2. The normalized spacial score (nSPS) is 12.2. The molecule has 0 unspecified atom stereocenters. The second-order valence-corrected chi connectivity index (χ2v) is 5.20. The van der Waals surface area contributed by atoms with Gasteiger partial charge in [0.25, 0.3) is 0 Å². The first-order chi connectivity index (χ1) is 12.2. The van der Waals surface area contributed by atoms with E-state index < -0.39 is 0 Å². The monoisotopic (exact) mass is 333 g/mol. The Morgan fingerprint density at radius 2 is 1.80 bits per heavy atom. The van der Waals surface area contributed by atoms with Gasteiger partial charge in [-0.15, -0.1) is 0 Å². The summed E-state index contributed by atoms with van der Waals surface area (Å²) in [6.45, 7) is 0.171. The van der Waals surface area contributed by atoms with Gasteiger partial charge in [-0.25, -0.2) is 4.39 Å². The van der Waals surface area contributed by atoms with Crippen molar-refractivity contribution in [2.45, 2.75) is 6.54 Å². The summed E-state index contributed by atoms with van der Waals surface area (Å²) in [5.74, 6) is -0.300. The quantitative estimate of drug-likeness (QED) is 0.728. The predicted octanol–water partition coefficient (Wildman–Crippen LogP) is 3.00. The van der Waals surface area contributed by atoms with Gasteiger partial charge in [-0.3, -0.25) is 19.9 Å². The van der Waals surface area contributed by atoms with Gasteiger partial charge in [-0.1, -0.05) is 24.3 Å². The average Bonchev–Trinajstić information content (AvgIpc) is 2.67. The highest BCUT2D eigenvalue weighted by Crippen LogP contribution is 2.11. The molecule has 2 aromatic heterocycles. The van der Waals surface area contributed by atoms with E-state index in [1.54, 1.807) is 55.1 Å². The van der Waals surface area contributed by atoms with E-state index in [0.29, 0.717) is 28.4 Å². The molecular formula is C19H16FN5. The van der Waals surface area contributed by atoms with Gasteiger partial charge in [-0.2, -0.15) is 0 Å². The van der Waals surface area contributed by atoms with Crippen molar-refractivity contribution in [3.8, 4) is 0 Å². The minimum atomic E-state index is -0.300. The number of allylic oxidation sites excluding steroid dienone is 1. The van der Waals surface area contributed by atoms with Crippen LogP contribution in [0.15, 0.2) is 78.3 Å². The lowest BCUT2D eigenvalue weighted by Gasteiger charge is -2.05. The maximum atomic E-state index is 13.8. The second kappa shape index (κ2) is 7.92. The second-order valence-electron chi connectivity index (χ2n) is 5.20. The molecular weight excluding hydrogens is 317 g/mol. The Bertz CT molecular complexity index is 892. The van der Waals surface area contributed by atoms with Crippen molar-refractivity contribution < 1.29 is 4.39 Å². The molecule has 0 fully saturated rings. The van der Waals surface area contributed by atoms with Gasteiger partial charge in [0, 0.05) is 24.2 Å². The third-order valence-electron chi connectivity index (χ3n) is 3.46. The van der Waals surface area contributed by atoms with Crippen molar-refractivity contribution in [1.29, 1.82) is 0 Å². The molecule has 0 bridgehead atoms. The Labute approximate surface area is 144 Å². The van der Waals surface area contributed by atoms with Crippen molar-refractivity contribution >= 4 is 11.4 Å². The zero-order valence-corrected chi connectivity index (χ0v) is 13.4. The van der Waals surface area contributed by atoms with Crippen LogP contribution < -0.4 is 5.73 Å². The van der Waals surface area contributed by atoms with Gasteiger partial charge in [0.1, 0.15) is 11.5 Å². The van der Waals surface area contributed by atoms with E-state index >= 15 is 0 Å². The third kappa shape index (κ3) is 4.32. The Morgan fingerprint density at radius 3 is 2.52 bits per heavy atom. The molecule has 5 nitrogen and oxygen atoms in total. The first-order valence-corrected chi connectivity index (χ1v) is 7.67. The van der Waals surface area contributed by atoms with Crippen LogP contribution in [0.3, 0.4) is 0 Å². The molecule has 0 atom stereocenters. The molecule has 1 aromatic carbocycles. The Kier molecular flexibility index (Phi) is 5.21. The Hall–Kier alpha value is -3.41. The number of nitrogens with two attached hydrogens (primary N) is 1. The van der Waals surface area contributed by atoms with E-state index in [-0.39, 0.29) is 12.4 Å². The number of pyridine rings is 1. The fourth-order valence-corrected chi connectivity index (χ4v) is 2.18. The molecule has 25 heavy (non-hydrogen) atoms. The summed E-state index contributed by atoms with van der Waals surface area (Å²) in [6, 6.07) is 12.0. The molecule has 0 aliphatic heterocycles. The first-order valence-electron chi connectivity index (χ1n) is 7.67. The van der Waals surface area contributed by atoms with Crippen molar-refractivity contribution in [2.75, 3.05) is 0 Å². The molecule has 0 amide bonds. The van der Waals surface area contributed by atoms with E-state index in [4.69, 9.17) is 5.73 Å². The van der Waals surface area contributed by atoms with Crippen LogP contribution in [0.25, 0.3) is 5.70 Å². The number of hydrogen-bond donors (Lipinski definition) is 1. The highest BCUT2D eigenvalue weighted by molar-refractivity contribution is 6.10. The van der Waals surface area contributed by atoms with Crippen LogP contribution >= 0.6 is 0 Å². The van der Waals surface area contributed by atoms with Gasteiger partial charge < -0.3 is 5.73 Å². The largest absolute Gasteiger partial charge is 0.397 e. The summed E-state index contributed by atoms with van der Waals surface area (Å²) in [7, 11) is 0. The highest BCUT2D eigenvalue weighted by atomic mass is 19.1. The molecule has 0 saturated carbocycles. The van der Waals surface area contributed by atoms with E-state index in [1.165, 1.54) is 6.07 Å². The summed E-state index contributed by atoms with van der Waals surface area (Å²) < 4.78 is 13.8. The van der Waals surface area contributed by atoms with Crippen LogP contribution in [0, 0.1) is 5.82 Å². The molecule has 0 spiro atoms. The third-order valence-corrected chi connectivity index (χ3v) is 3.46. The minimum Gasteiger partial charge on any atom is -0.397 e. The van der Waals surface area contributed by atoms with Gasteiger partial charge in [0.2, 0.25) is 0 Å². The molecule has 124 valence electrons. The van der Waals surface area contributed by atoms with Crippen molar-refractivity contribution in [2.24, 2.45) is 10.7 Å². The van der Waals surface area contributed by atoms with E-state index in [9.17, 15) is 4.39 Å². The number of hydrogen-bond acceptors (Lipinski definition) is 5. The fourth-order valence-electron chi connectivity index (χ4n) is 2.18. The molecule has 6 heteroatoms. The molecule has 0 aliphatic carbocycles. The Morgan fingerprint density at radius 1 is 1.00 bits per heavy atom. The average molecular weight is 333 g/mol. The number of aliphatic imine (C=N–C) groups is 1. The van der Waals surface area contributed by atoms with Crippen LogP contribution in [-0.4, -0.2) is 20.7 Å². The zero-order valence-electron chi connectivity index (χ0n) is 13.4. The van der Waals surface area contributed by atoms with Crippen LogP contribution in [0.4, 0.5) is 4.39 Å². The van der Waals surface area contributed by atoms with Gasteiger partial charge >= 0.3 is 0 Å². The zero-order chi connectivity index (χ0) is 17.5. The smallest absolute Gasteiger partial charge is 0.128 e. The highest BCUT2D eigenvalue weighted by Gasteiger charge is 2.07. The van der Waals surface area contributed by atoms with E-state index in [2.05, 4.69) is 19.9 Å². The summed E-state index contributed by atoms with van der Waals surface area (Å²) in [5.41, 5.74) is 8.76. The first kappa shape index (κ1) is 16.4. The van der Waals surface area contributed by atoms with Gasteiger partial charge in [0.15, 0.2) is 0 Å². The number of halogens is 1. The summed E-state index contributed by atoms with van der Waals surface area (Å²) >= 11 is 0. The molecule has 3 rings (SSSR count). The van der Waals surface area contributed by atoms with Gasteiger partial charge in [-0.05, 0) is 24.3 Å². The molecule has 0 saturated heterocycles. The SMILES string of the molecule is NC(=CC(=NCc1ccccc1F)c1cnccn1)c1ccccn1. The van der Waals surface area contributed by atoms with Crippen molar-refractivity contribution in [3.05, 3.63) is 96.1 Å². The van der Waals surface area contributed by atoms with Crippen molar-refractivity contribution in [3.63, 3.8) is 0 Å². The van der Waals surface area contributed by atoms with Crippen LogP contribution in [0.1, 0.15) is 17.0 Å². The van der Waals surface area contributed by atoms with E-state index in [0.717, 1.165) is 0 Å². The van der Waals surface area contributed by atoms with Crippen molar-refractivity contribution in [1.82, 2.24) is 15.0 Å². The summed E-state index contributed by atoms with van der Waals surface area (Å²) in [5, 5.41) is 0. The lowest BCUT2D eigenvalue weighted by atomic mass is 10.1. The Balaban J connectivity index is 1.96.